The summed E-state index contributed by atoms with van der Waals surface area (Å²) in [7, 11) is 0. The number of carbonyl (C=O) groups excluding carboxylic acids is 2. The molecule has 0 saturated heterocycles. The van der Waals surface area contributed by atoms with Crippen LogP contribution < -0.4 is 5.32 Å². The van der Waals surface area contributed by atoms with Gasteiger partial charge < -0.3 is 10.1 Å². The highest BCUT2D eigenvalue weighted by molar-refractivity contribution is 5.89. The van der Waals surface area contributed by atoms with Crippen molar-refractivity contribution in [1.82, 2.24) is 5.32 Å². The summed E-state index contributed by atoms with van der Waals surface area (Å²) in [6.45, 7) is 1.87. The molecule has 1 amide bonds. The molecule has 1 aliphatic carbocycles. The molecule has 5 nitrogen and oxygen atoms in total. The van der Waals surface area contributed by atoms with Gasteiger partial charge in [0.15, 0.2) is 6.61 Å². The van der Waals surface area contributed by atoms with Crippen LogP contribution in [0, 0.1) is 17.2 Å². The van der Waals surface area contributed by atoms with Gasteiger partial charge in [-0.2, -0.15) is 5.26 Å². The monoisotopic (exact) mass is 326 g/mol. The van der Waals surface area contributed by atoms with Crippen LogP contribution in [0.3, 0.4) is 0 Å². The van der Waals surface area contributed by atoms with Crippen molar-refractivity contribution in [3.63, 3.8) is 0 Å². The molecule has 1 aliphatic rings. The number of nitrogens with zero attached hydrogens (tertiary/aromatic N) is 1. The number of rotatable bonds is 5. The third-order valence-corrected chi connectivity index (χ3v) is 4.26. The average molecular weight is 326 g/mol. The molecule has 126 valence electrons. The number of nitriles is 1. The lowest BCUT2D eigenvalue weighted by atomic mass is 9.86. The van der Waals surface area contributed by atoms with Crippen molar-refractivity contribution in [2.45, 2.75) is 38.6 Å². The maximum atomic E-state index is 11.9. The zero-order valence-electron chi connectivity index (χ0n) is 13.8. The number of amides is 1. The predicted molar refractivity (Wildman–Crippen MR) is 90.7 cm³/mol. The lowest BCUT2D eigenvalue weighted by Gasteiger charge is -2.29. The van der Waals surface area contributed by atoms with Gasteiger partial charge in [-0.1, -0.05) is 31.9 Å². The lowest BCUT2D eigenvalue weighted by Crippen LogP contribution is -2.42. The molecule has 0 aromatic heterocycles. The van der Waals surface area contributed by atoms with Crippen LogP contribution in [-0.2, 0) is 14.3 Å². The molecule has 24 heavy (non-hydrogen) atoms. The first-order valence-electron chi connectivity index (χ1n) is 8.23. The van der Waals surface area contributed by atoms with E-state index in [1.54, 1.807) is 30.3 Å². The average Bonchev–Trinajstić information content (AvgIpc) is 2.60. The number of hydrogen-bond donors (Lipinski definition) is 1. The third kappa shape index (κ3) is 5.54. The Morgan fingerprint density at radius 1 is 1.29 bits per heavy atom. The molecule has 0 aliphatic heterocycles. The van der Waals surface area contributed by atoms with Crippen LogP contribution in [0.1, 0.15) is 43.7 Å². The van der Waals surface area contributed by atoms with Gasteiger partial charge in [0.2, 0.25) is 0 Å². The highest BCUT2D eigenvalue weighted by atomic mass is 16.5. The fourth-order valence-electron chi connectivity index (χ4n) is 2.80. The fraction of sp³-hybridized carbons (Fsp3) is 0.421. The van der Waals surface area contributed by atoms with E-state index in [-0.39, 0.29) is 18.6 Å². The Kier molecular flexibility index (Phi) is 6.56. The molecule has 5 heteroatoms. The van der Waals surface area contributed by atoms with Crippen molar-refractivity contribution >= 4 is 18.0 Å². The van der Waals surface area contributed by atoms with Gasteiger partial charge in [-0.25, -0.2) is 4.79 Å². The summed E-state index contributed by atoms with van der Waals surface area (Å²) in [6.07, 6.45) is 7.31. The van der Waals surface area contributed by atoms with Gasteiger partial charge in [-0.05, 0) is 42.5 Å². The molecule has 0 unspecified atom stereocenters. The number of carbonyl (C=O) groups is 2. The molecule has 1 fully saturated rings. The van der Waals surface area contributed by atoms with Gasteiger partial charge in [-0.3, -0.25) is 4.79 Å². The topological polar surface area (TPSA) is 79.2 Å². The van der Waals surface area contributed by atoms with Gasteiger partial charge in [-0.15, -0.1) is 0 Å². The van der Waals surface area contributed by atoms with Crippen LogP contribution in [-0.4, -0.2) is 24.5 Å². The zero-order valence-corrected chi connectivity index (χ0v) is 13.8. The van der Waals surface area contributed by atoms with Gasteiger partial charge >= 0.3 is 5.97 Å². The Labute approximate surface area is 142 Å². The molecular weight excluding hydrogens is 304 g/mol. The summed E-state index contributed by atoms with van der Waals surface area (Å²) >= 11 is 0. The number of ether oxygens (including phenoxy) is 1. The van der Waals surface area contributed by atoms with E-state index in [2.05, 4.69) is 12.2 Å². The van der Waals surface area contributed by atoms with E-state index < -0.39 is 5.97 Å². The first kappa shape index (κ1) is 17.7. The number of esters is 1. The first-order chi connectivity index (χ1) is 11.6. The van der Waals surface area contributed by atoms with Gasteiger partial charge in [0, 0.05) is 12.1 Å². The zero-order chi connectivity index (χ0) is 17.4. The molecule has 1 saturated carbocycles. The predicted octanol–water partition coefficient (Wildman–Crippen LogP) is 2.81. The second-order valence-electron chi connectivity index (χ2n) is 6.11. The Bertz CT molecular complexity index is 644. The maximum Gasteiger partial charge on any atom is 0.331 e. The van der Waals surface area contributed by atoms with E-state index in [1.165, 1.54) is 12.5 Å². The molecule has 0 radical (unpaired) electrons. The highest BCUT2D eigenvalue weighted by Gasteiger charge is 2.22. The Morgan fingerprint density at radius 3 is 2.67 bits per heavy atom. The van der Waals surface area contributed by atoms with E-state index in [0.717, 1.165) is 24.8 Å². The van der Waals surface area contributed by atoms with Crippen molar-refractivity contribution in [3.8, 4) is 6.07 Å². The van der Waals surface area contributed by atoms with Crippen molar-refractivity contribution in [3.05, 3.63) is 41.5 Å². The molecule has 1 N–H and O–H groups in total. The molecule has 1 aromatic carbocycles. The molecule has 0 heterocycles. The molecule has 0 spiro atoms. The first-order valence-corrected chi connectivity index (χ1v) is 8.23. The third-order valence-electron chi connectivity index (χ3n) is 4.26. The SMILES string of the molecule is C[C@H]1CCCC[C@@H]1NC(=O)COC(=O)/C=C/c1ccc(C#N)cc1. The lowest BCUT2D eigenvalue weighted by molar-refractivity contribution is -0.144. The Balaban J connectivity index is 1.74. The van der Waals surface area contributed by atoms with E-state index in [9.17, 15) is 9.59 Å². The summed E-state index contributed by atoms with van der Waals surface area (Å²) in [5, 5.41) is 11.7. The van der Waals surface area contributed by atoms with Crippen LogP contribution in [0.25, 0.3) is 6.08 Å². The van der Waals surface area contributed by atoms with Gasteiger partial charge in [0.05, 0.1) is 11.6 Å². The minimum atomic E-state index is -0.564. The van der Waals surface area contributed by atoms with E-state index in [1.807, 2.05) is 6.07 Å². The quantitative estimate of drug-likeness (QED) is 0.666. The normalized spacial score (nSPS) is 20.3. The van der Waals surface area contributed by atoms with Crippen molar-refractivity contribution < 1.29 is 14.3 Å². The fourth-order valence-corrected chi connectivity index (χ4v) is 2.80. The van der Waals surface area contributed by atoms with Crippen molar-refractivity contribution in [1.29, 1.82) is 5.26 Å². The van der Waals surface area contributed by atoms with Crippen LogP contribution in [0.4, 0.5) is 0 Å². The Hall–Kier alpha value is -2.61. The maximum absolute atomic E-state index is 11.9. The molecule has 2 rings (SSSR count). The number of hydrogen-bond acceptors (Lipinski definition) is 4. The Morgan fingerprint density at radius 2 is 2.00 bits per heavy atom. The van der Waals surface area contributed by atoms with Crippen molar-refractivity contribution in [2.75, 3.05) is 6.61 Å². The molecule has 1 aromatic rings. The highest BCUT2D eigenvalue weighted by Crippen LogP contribution is 2.23. The van der Waals surface area contributed by atoms with Crippen LogP contribution in [0.2, 0.25) is 0 Å². The number of nitrogens with one attached hydrogen (secondary N) is 1. The van der Waals surface area contributed by atoms with Crippen LogP contribution in [0.5, 0.6) is 0 Å². The van der Waals surface area contributed by atoms with E-state index in [4.69, 9.17) is 10.00 Å². The summed E-state index contributed by atoms with van der Waals surface area (Å²) in [5.41, 5.74) is 1.34. The van der Waals surface area contributed by atoms with Crippen molar-refractivity contribution in [2.24, 2.45) is 5.92 Å². The minimum absolute atomic E-state index is 0.180. The van der Waals surface area contributed by atoms with Gasteiger partial charge in [0.25, 0.3) is 5.91 Å². The summed E-state index contributed by atoms with van der Waals surface area (Å²) in [4.78, 5) is 23.5. The van der Waals surface area contributed by atoms with Crippen LogP contribution in [0.15, 0.2) is 30.3 Å². The molecular formula is C19H22N2O3. The minimum Gasteiger partial charge on any atom is -0.452 e. The molecule has 0 bridgehead atoms. The smallest absolute Gasteiger partial charge is 0.331 e. The van der Waals surface area contributed by atoms with Gasteiger partial charge in [0.1, 0.15) is 0 Å². The summed E-state index contributed by atoms with van der Waals surface area (Å²) in [6, 6.07) is 9.02. The van der Waals surface area contributed by atoms with E-state index in [0.29, 0.717) is 11.5 Å². The summed E-state index contributed by atoms with van der Waals surface area (Å²) < 4.78 is 4.96. The standard InChI is InChI=1S/C19H22N2O3/c1-14-4-2-3-5-17(14)21-18(22)13-24-19(23)11-10-15-6-8-16(12-20)9-7-15/h6-11,14,17H,2-5,13H2,1H3,(H,21,22)/b11-10+/t14-,17-/m0/s1. The van der Waals surface area contributed by atoms with Crippen LogP contribution >= 0.6 is 0 Å². The second-order valence-corrected chi connectivity index (χ2v) is 6.11. The molecule has 2 atom stereocenters. The second kappa shape index (κ2) is 8.88. The summed E-state index contributed by atoms with van der Waals surface area (Å²) in [5.74, 6) is -0.352. The number of benzene rings is 1. The largest absolute Gasteiger partial charge is 0.452 e. The van der Waals surface area contributed by atoms with E-state index >= 15 is 0 Å².